The summed E-state index contributed by atoms with van der Waals surface area (Å²) in [6.45, 7) is 11.9. The molecule has 1 heterocycles. The van der Waals surface area contributed by atoms with Crippen LogP contribution in [0.2, 0.25) is 0 Å². The van der Waals surface area contributed by atoms with Gasteiger partial charge in [-0.25, -0.2) is 0 Å². The summed E-state index contributed by atoms with van der Waals surface area (Å²) in [6.07, 6.45) is 0. The van der Waals surface area contributed by atoms with E-state index in [-0.39, 0.29) is 5.41 Å². The fraction of sp³-hybridized carbons (Fsp3) is 0.385. The number of fused-ring (bicyclic) bond motifs is 1. The van der Waals surface area contributed by atoms with Gasteiger partial charge in [0.1, 0.15) is 0 Å². The lowest BCUT2D eigenvalue weighted by Gasteiger charge is -2.23. The Hall–Kier alpha value is -1.18. The number of rotatable bonds is 0. The summed E-state index contributed by atoms with van der Waals surface area (Å²) in [4.78, 5) is 2.22. The van der Waals surface area contributed by atoms with Crippen LogP contribution in [-0.4, -0.2) is 12.8 Å². The minimum absolute atomic E-state index is 0.194. The van der Waals surface area contributed by atoms with Gasteiger partial charge in [0.25, 0.3) is 0 Å². The van der Waals surface area contributed by atoms with E-state index in [0.29, 0.717) is 0 Å². The molecule has 1 aliphatic heterocycles. The molecule has 0 radical (unpaired) electrons. The monoisotopic (exact) mass is 199 g/mol. The molecule has 1 aliphatic rings. The van der Waals surface area contributed by atoms with E-state index in [9.17, 15) is 0 Å². The molecule has 1 aromatic carbocycles. The van der Waals surface area contributed by atoms with Crippen molar-refractivity contribution >= 4 is 13.7 Å². The molecule has 0 amide bonds. The van der Waals surface area contributed by atoms with E-state index < -0.39 is 0 Å². The van der Waals surface area contributed by atoms with Gasteiger partial charge in [-0.15, -0.1) is 0 Å². The molecule has 0 saturated heterocycles. The van der Waals surface area contributed by atoms with Crippen LogP contribution in [0.15, 0.2) is 24.8 Å². The van der Waals surface area contributed by atoms with E-state index >= 15 is 0 Å². The van der Waals surface area contributed by atoms with E-state index in [1.54, 1.807) is 0 Å². The van der Waals surface area contributed by atoms with Crippen LogP contribution in [0.1, 0.15) is 37.5 Å². The highest BCUT2D eigenvalue weighted by atomic mass is 15.1. The summed E-state index contributed by atoms with van der Waals surface area (Å²) in [5, 5.41) is 0. The van der Waals surface area contributed by atoms with Crippen molar-refractivity contribution in [2.75, 3.05) is 0 Å². The molecule has 0 N–H and O–H groups in total. The molecular weight excluding hydrogens is 181 g/mol. The van der Waals surface area contributed by atoms with Crippen molar-refractivity contribution in [2.45, 2.75) is 32.7 Å². The lowest BCUT2D eigenvalue weighted by Crippen LogP contribution is -2.14. The highest BCUT2D eigenvalue weighted by Crippen LogP contribution is 2.37. The lowest BCUT2D eigenvalue weighted by molar-refractivity contribution is 0.588. The predicted molar refractivity (Wildman–Crippen MR) is 68.3 cm³/mol. The van der Waals surface area contributed by atoms with Crippen LogP contribution in [0.3, 0.4) is 0 Å². The highest BCUT2D eigenvalue weighted by Gasteiger charge is 2.26. The third kappa shape index (κ3) is 1.58. The van der Waals surface area contributed by atoms with Crippen LogP contribution in [0, 0.1) is 0 Å². The first-order chi connectivity index (χ1) is 6.91. The zero-order chi connectivity index (χ0) is 11.2. The van der Waals surface area contributed by atoms with E-state index in [1.165, 1.54) is 16.7 Å². The summed E-state index contributed by atoms with van der Waals surface area (Å²) < 4.78 is 0. The van der Waals surface area contributed by atoms with Crippen LogP contribution in [-0.2, 0) is 12.0 Å². The highest BCUT2D eigenvalue weighted by molar-refractivity contribution is 6.10. The van der Waals surface area contributed by atoms with E-state index in [0.717, 1.165) is 12.2 Å². The molecule has 0 fully saturated rings. The minimum atomic E-state index is 0.194. The lowest BCUT2D eigenvalue weighted by atomic mass is 9.82. The van der Waals surface area contributed by atoms with E-state index in [4.69, 9.17) is 0 Å². The molecule has 2 rings (SSSR count). The second kappa shape index (κ2) is 3.16. The zero-order valence-electron chi connectivity index (χ0n) is 10.1. The Kier molecular flexibility index (Phi) is 2.18. The zero-order valence-corrected chi connectivity index (χ0v) is 10.1. The number of benzene rings is 1. The second-order valence-corrected chi connectivity index (χ2v) is 5.39. The molecule has 78 valence electrons. The van der Waals surface area contributed by atoms with Crippen molar-refractivity contribution in [1.29, 1.82) is 0 Å². The van der Waals surface area contributed by atoms with Gasteiger partial charge in [-0.3, -0.25) is 0 Å². The van der Waals surface area contributed by atoms with Crippen molar-refractivity contribution in [3.63, 3.8) is 0 Å². The first-order valence-corrected chi connectivity index (χ1v) is 5.44. The van der Waals surface area contributed by atoms with Crippen molar-refractivity contribution in [2.24, 2.45) is 0 Å². The fourth-order valence-electron chi connectivity index (χ4n) is 2.24. The van der Waals surface area contributed by atoms with E-state index in [2.05, 4.69) is 58.3 Å². The normalized spacial score (nSPS) is 15.7. The molecule has 0 aliphatic carbocycles. The molecule has 0 aromatic heterocycles. The summed E-state index contributed by atoms with van der Waals surface area (Å²) in [6, 6.07) is 6.59. The van der Waals surface area contributed by atoms with Gasteiger partial charge >= 0.3 is 0 Å². The first-order valence-electron chi connectivity index (χ1n) is 5.44. The third-order valence-electron chi connectivity index (χ3n) is 3.12. The summed E-state index contributed by atoms with van der Waals surface area (Å²) >= 11 is 0. The molecule has 0 bridgehead atoms. The molecule has 0 unspecified atom stereocenters. The van der Waals surface area contributed by atoms with Crippen LogP contribution < -0.4 is 0 Å². The quantitative estimate of drug-likeness (QED) is 0.579. The Morgan fingerprint density at radius 2 is 2.00 bits per heavy atom. The van der Waals surface area contributed by atoms with Crippen molar-refractivity contribution in [1.82, 2.24) is 4.81 Å². The molecule has 1 nitrogen and oxygen atoms in total. The smallest absolute Gasteiger partial charge is 0.217 e. The number of hydrogen-bond donors (Lipinski definition) is 0. The van der Waals surface area contributed by atoms with Crippen LogP contribution in [0.5, 0.6) is 0 Å². The standard InChI is InChI=1S/C13H18BN/c1-9-12-10(8-15(9)14)6-5-7-11(12)13(2,3)4/h5-7H,1,8,14H2,2-4H3. The van der Waals surface area contributed by atoms with Crippen LogP contribution in [0.25, 0.3) is 5.70 Å². The van der Waals surface area contributed by atoms with Gasteiger partial charge in [0.05, 0.1) is 0 Å². The SMILES string of the molecule is BN1Cc2cccc(C(C)(C)C)c2C1=C. The Morgan fingerprint density at radius 3 is 2.60 bits per heavy atom. The molecular formula is C13H18BN. The molecule has 2 heteroatoms. The van der Waals surface area contributed by atoms with Crippen molar-refractivity contribution in [3.05, 3.63) is 41.5 Å². The maximum atomic E-state index is 4.18. The Bertz CT molecular complexity index is 415. The maximum absolute atomic E-state index is 4.18. The van der Waals surface area contributed by atoms with Gasteiger partial charge in [0.2, 0.25) is 7.98 Å². The van der Waals surface area contributed by atoms with Crippen molar-refractivity contribution < 1.29 is 0 Å². The molecule has 1 aromatic rings. The third-order valence-corrected chi connectivity index (χ3v) is 3.12. The van der Waals surface area contributed by atoms with Gasteiger partial charge in [0.15, 0.2) is 0 Å². The summed E-state index contributed by atoms with van der Waals surface area (Å²) in [7, 11) is 2.11. The number of nitrogens with zero attached hydrogens (tertiary/aromatic N) is 1. The van der Waals surface area contributed by atoms with Gasteiger partial charge in [-0.1, -0.05) is 45.5 Å². The maximum Gasteiger partial charge on any atom is 0.217 e. The average Bonchev–Trinajstić information content (AvgIpc) is 2.41. The molecule has 0 spiro atoms. The van der Waals surface area contributed by atoms with Crippen molar-refractivity contribution in [3.8, 4) is 0 Å². The second-order valence-electron chi connectivity index (χ2n) is 5.39. The summed E-state index contributed by atoms with van der Waals surface area (Å²) in [5.41, 5.74) is 5.55. The van der Waals surface area contributed by atoms with Gasteiger partial charge in [-0.05, 0) is 16.5 Å². The Morgan fingerprint density at radius 1 is 1.33 bits per heavy atom. The molecule has 0 atom stereocenters. The van der Waals surface area contributed by atoms with Crippen LogP contribution in [0.4, 0.5) is 0 Å². The average molecular weight is 199 g/mol. The van der Waals surface area contributed by atoms with Gasteiger partial charge < -0.3 is 4.81 Å². The Balaban J connectivity index is 2.63. The number of hydrogen-bond acceptors (Lipinski definition) is 1. The Labute approximate surface area is 93.2 Å². The largest absolute Gasteiger partial charge is 0.418 e. The van der Waals surface area contributed by atoms with E-state index in [1.807, 2.05) is 0 Å². The molecule has 15 heavy (non-hydrogen) atoms. The van der Waals surface area contributed by atoms with Crippen LogP contribution >= 0.6 is 0 Å². The topological polar surface area (TPSA) is 3.24 Å². The van der Waals surface area contributed by atoms with Gasteiger partial charge in [-0.2, -0.15) is 0 Å². The summed E-state index contributed by atoms with van der Waals surface area (Å²) in [5.74, 6) is 0. The minimum Gasteiger partial charge on any atom is -0.418 e. The fourth-order valence-corrected chi connectivity index (χ4v) is 2.24. The predicted octanol–water partition coefficient (Wildman–Crippen LogP) is 2.32. The first kappa shape index (κ1) is 10.3. The van der Waals surface area contributed by atoms with Gasteiger partial charge in [0, 0.05) is 17.8 Å². The molecule has 0 saturated carbocycles.